The van der Waals surface area contributed by atoms with E-state index in [2.05, 4.69) is 10.3 Å². The van der Waals surface area contributed by atoms with E-state index >= 15 is 0 Å². The SMILES string of the molecule is CCC(O)(CC)CNc1ccnc(N)c1. The molecule has 0 atom stereocenters. The molecule has 1 aromatic heterocycles. The molecule has 15 heavy (non-hydrogen) atoms. The maximum absolute atomic E-state index is 10.0. The van der Waals surface area contributed by atoms with Gasteiger partial charge in [-0.15, -0.1) is 0 Å². The lowest BCUT2D eigenvalue weighted by Gasteiger charge is -2.25. The summed E-state index contributed by atoms with van der Waals surface area (Å²) in [5, 5.41) is 13.2. The van der Waals surface area contributed by atoms with E-state index in [1.807, 2.05) is 19.9 Å². The normalized spacial score (nSPS) is 11.4. The number of nitrogens with zero attached hydrogens (tertiary/aromatic N) is 1. The summed E-state index contributed by atoms with van der Waals surface area (Å²) in [6.07, 6.45) is 3.11. The van der Waals surface area contributed by atoms with Crippen LogP contribution in [0.3, 0.4) is 0 Å². The highest BCUT2D eigenvalue weighted by Gasteiger charge is 2.21. The van der Waals surface area contributed by atoms with Crippen LogP contribution >= 0.6 is 0 Å². The van der Waals surface area contributed by atoms with E-state index in [0.29, 0.717) is 12.4 Å². The van der Waals surface area contributed by atoms with Gasteiger partial charge in [-0.25, -0.2) is 4.98 Å². The number of nitrogen functional groups attached to an aromatic ring is 1. The Morgan fingerprint density at radius 1 is 1.47 bits per heavy atom. The molecule has 1 heterocycles. The Hall–Kier alpha value is -1.29. The molecule has 4 heteroatoms. The summed E-state index contributed by atoms with van der Waals surface area (Å²) >= 11 is 0. The van der Waals surface area contributed by atoms with Gasteiger partial charge in [0.15, 0.2) is 0 Å². The van der Waals surface area contributed by atoms with Crippen LogP contribution in [0.5, 0.6) is 0 Å². The second-order valence-electron chi connectivity index (χ2n) is 3.75. The Balaban J connectivity index is 2.56. The zero-order valence-electron chi connectivity index (χ0n) is 9.33. The first-order valence-electron chi connectivity index (χ1n) is 5.27. The maximum Gasteiger partial charge on any atom is 0.125 e. The average Bonchev–Trinajstić information content (AvgIpc) is 2.26. The minimum absolute atomic E-state index is 0.483. The van der Waals surface area contributed by atoms with E-state index in [9.17, 15) is 5.11 Å². The maximum atomic E-state index is 10.0. The zero-order valence-corrected chi connectivity index (χ0v) is 9.33. The molecule has 0 bridgehead atoms. The van der Waals surface area contributed by atoms with Crippen molar-refractivity contribution in [2.75, 3.05) is 17.6 Å². The van der Waals surface area contributed by atoms with Crippen molar-refractivity contribution < 1.29 is 5.11 Å². The Bertz CT molecular complexity index is 310. The van der Waals surface area contributed by atoms with Crippen LogP contribution in [0.1, 0.15) is 26.7 Å². The van der Waals surface area contributed by atoms with Gasteiger partial charge < -0.3 is 16.2 Å². The third-order valence-electron chi connectivity index (χ3n) is 2.72. The highest BCUT2D eigenvalue weighted by molar-refractivity contribution is 5.49. The number of anilines is 2. The van der Waals surface area contributed by atoms with Crippen molar-refractivity contribution in [3.63, 3.8) is 0 Å². The number of aromatic nitrogens is 1. The molecule has 84 valence electrons. The molecule has 0 aliphatic carbocycles. The molecule has 1 rings (SSSR count). The molecule has 0 spiro atoms. The molecule has 1 aromatic rings. The molecular formula is C11H19N3O. The smallest absolute Gasteiger partial charge is 0.125 e. The summed E-state index contributed by atoms with van der Waals surface area (Å²) in [6, 6.07) is 3.59. The molecule has 0 aliphatic heterocycles. The topological polar surface area (TPSA) is 71.2 Å². The monoisotopic (exact) mass is 209 g/mol. The van der Waals surface area contributed by atoms with E-state index in [1.165, 1.54) is 0 Å². The predicted molar refractivity (Wildman–Crippen MR) is 62.7 cm³/mol. The first-order valence-corrected chi connectivity index (χ1v) is 5.27. The summed E-state index contributed by atoms with van der Waals surface area (Å²) in [6.45, 7) is 4.49. The van der Waals surface area contributed by atoms with Gasteiger partial charge in [0.05, 0.1) is 5.60 Å². The van der Waals surface area contributed by atoms with Crippen LogP contribution in [0.4, 0.5) is 11.5 Å². The molecule has 4 nitrogen and oxygen atoms in total. The molecule has 0 amide bonds. The van der Waals surface area contributed by atoms with Gasteiger partial charge in [-0.1, -0.05) is 13.8 Å². The number of nitrogens with two attached hydrogens (primary N) is 1. The van der Waals surface area contributed by atoms with Gasteiger partial charge in [-0.2, -0.15) is 0 Å². The Kier molecular flexibility index (Phi) is 3.91. The lowest BCUT2D eigenvalue weighted by atomic mass is 9.97. The Morgan fingerprint density at radius 3 is 2.67 bits per heavy atom. The molecule has 0 radical (unpaired) electrons. The van der Waals surface area contributed by atoms with Crippen LogP contribution in [0.2, 0.25) is 0 Å². The van der Waals surface area contributed by atoms with Crippen molar-refractivity contribution in [3.05, 3.63) is 18.3 Å². The van der Waals surface area contributed by atoms with Gasteiger partial charge in [0, 0.05) is 24.5 Å². The summed E-state index contributed by atoms with van der Waals surface area (Å²) in [4.78, 5) is 3.90. The van der Waals surface area contributed by atoms with E-state index in [-0.39, 0.29) is 0 Å². The minimum atomic E-state index is -0.641. The van der Waals surface area contributed by atoms with Crippen LogP contribution in [-0.4, -0.2) is 22.2 Å². The first kappa shape index (κ1) is 11.8. The second kappa shape index (κ2) is 4.98. The van der Waals surface area contributed by atoms with Gasteiger partial charge in [0.25, 0.3) is 0 Å². The van der Waals surface area contributed by atoms with Crippen molar-refractivity contribution in [2.24, 2.45) is 0 Å². The standard InChI is InChI=1S/C11H19N3O/c1-3-11(15,4-2)8-14-9-5-6-13-10(12)7-9/h5-7,15H,3-4,8H2,1-2H3,(H3,12,13,14). The van der Waals surface area contributed by atoms with Gasteiger partial charge in [0.1, 0.15) is 5.82 Å². The van der Waals surface area contributed by atoms with Crippen molar-refractivity contribution in [1.29, 1.82) is 0 Å². The van der Waals surface area contributed by atoms with Crippen LogP contribution < -0.4 is 11.1 Å². The quantitative estimate of drug-likeness (QED) is 0.689. The fourth-order valence-corrected chi connectivity index (χ4v) is 1.32. The highest BCUT2D eigenvalue weighted by Crippen LogP contribution is 2.16. The summed E-state index contributed by atoms with van der Waals surface area (Å²) in [5.41, 5.74) is 5.80. The number of pyridine rings is 1. The fraction of sp³-hybridized carbons (Fsp3) is 0.545. The third kappa shape index (κ3) is 3.40. The van der Waals surface area contributed by atoms with Gasteiger partial charge in [-0.3, -0.25) is 0 Å². The summed E-state index contributed by atoms with van der Waals surface area (Å²) in [5.74, 6) is 0.483. The van der Waals surface area contributed by atoms with E-state index < -0.39 is 5.60 Å². The van der Waals surface area contributed by atoms with Gasteiger partial charge >= 0.3 is 0 Å². The van der Waals surface area contributed by atoms with Crippen molar-refractivity contribution in [2.45, 2.75) is 32.3 Å². The fourth-order valence-electron chi connectivity index (χ4n) is 1.32. The van der Waals surface area contributed by atoms with Crippen molar-refractivity contribution in [3.8, 4) is 0 Å². The van der Waals surface area contributed by atoms with E-state index in [0.717, 1.165) is 18.5 Å². The van der Waals surface area contributed by atoms with Crippen LogP contribution in [0.15, 0.2) is 18.3 Å². The largest absolute Gasteiger partial charge is 0.388 e. The second-order valence-corrected chi connectivity index (χ2v) is 3.75. The molecule has 0 saturated carbocycles. The molecule has 0 aromatic carbocycles. The first-order chi connectivity index (χ1) is 7.09. The average molecular weight is 209 g/mol. The summed E-state index contributed by atoms with van der Waals surface area (Å²) in [7, 11) is 0. The number of aliphatic hydroxyl groups is 1. The minimum Gasteiger partial charge on any atom is -0.388 e. The molecule has 0 aliphatic rings. The van der Waals surface area contributed by atoms with E-state index in [4.69, 9.17) is 5.73 Å². The molecule has 4 N–H and O–H groups in total. The van der Waals surface area contributed by atoms with Gasteiger partial charge in [0.2, 0.25) is 0 Å². The zero-order chi connectivity index (χ0) is 11.3. The van der Waals surface area contributed by atoms with Crippen LogP contribution in [-0.2, 0) is 0 Å². The van der Waals surface area contributed by atoms with E-state index in [1.54, 1.807) is 12.3 Å². The molecule has 0 unspecified atom stereocenters. The molecule has 0 fully saturated rings. The summed E-state index contributed by atoms with van der Waals surface area (Å²) < 4.78 is 0. The Morgan fingerprint density at radius 2 is 2.13 bits per heavy atom. The lowest BCUT2D eigenvalue weighted by Crippen LogP contribution is -2.35. The molecular weight excluding hydrogens is 190 g/mol. The third-order valence-corrected chi connectivity index (χ3v) is 2.72. The van der Waals surface area contributed by atoms with Crippen LogP contribution in [0, 0.1) is 0 Å². The predicted octanol–water partition coefficient (Wildman–Crippen LogP) is 1.63. The number of hydrogen-bond acceptors (Lipinski definition) is 4. The van der Waals surface area contributed by atoms with Gasteiger partial charge in [-0.05, 0) is 18.9 Å². The Labute approximate surface area is 90.5 Å². The number of nitrogens with one attached hydrogen (secondary N) is 1. The van der Waals surface area contributed by atoms with Crippen molar-refractivity contribution >= 4 is 11.5 Å². The molecule has 0 saturated heterocycles. The lowest BCUT2D eigenvalue weighted by molar-refractivity contribution is 0.0457. The van der Waals surface area contributed by atoms with Crippen molar-refractivity contribution in [1.82, 2.24) is 4.98 Å². The number of hydrogen-bond donors (Lipinski definition) is 3. The highest BCUT2D eigenvalue weighted by atomic mass is 16.3. The number of rotatable bonds is 5. The van der Waals surface area contributed by atoms with Crippen LogP contribution in [0.25, 0.3) is 0 Å².